The Balaban J connectivity index is 1.22. The van der Waals surface area contributed by atoms with Crippen LogP contribution in [0.3, 0.4) is 0 Å². The number of carbonyl (C=O) groups is 3. The molecular weight excluding hydrogens is 470 g/mol. The zero-order valence-electron chi connectivity index (χ0n) is 19.6. The maximum Gasteiger partial charge on any atom is 0.309 e. The molecule has 0 radical (unpaired) electrons. The number of methoxy groups -OCH3 is 1. The van der Waals surface area contributed by atoms with Gasteiger partial charge in [-0.3, -0.25) is 19.3 Å². The molecule has 3 saturated heterocycles. The lowest BCUT2D eigenvalue weighted by atomic mass is 9.76. The van der Waals surface area contributed by atoms with Crippen LogP contribution in [0.2, 0.25) is 0 Å². The summed E-state index contributed by atoms with van der Waals surface area (Å²) in [6, 6.07) is 5.66. The van der Waals surface area contributed by atoms with Crippen LogP contribution in [0.25, 0.3) is 10.2 Å². The second kappa shape index (κ2) is 8.30. The number of likely N-dealkylation sites (tertiary alicyclic amines) is 1. The van der Waals surface area contributed by atoms with Crippen molar-refractivity contribution < 1.29 is 28.6 Å². The topological polar surface area (TPSA) is 98.3 Å². The average molecular weight is 498 g/mol. The SMILES string of the molecule is CCOC(=O)C1CCN(C(=O)[C@@H]2[C@@H]3C=C[C@]4(CN(c5nc6cc(OC)ccc6s5)C(=O)[C@@H]24)O3)CC1. The number of hydrogen-bond donors (Lipinski definition) is 0. The normalized spacial score (nSPS) is 29.8. The number of anilines is 1. The number of thiazole rings is 1. The molecule has 9 nitrogen and oxygen atoms in total. The Bertz CT molecular complexity index is 1240. The highest BCUT2D eigenvalue weighted by molar-refractivity contribution is 7.22. The van der Waals surface area contributed by atoms with Gasteiger partial charge in [0.25, 0.3) is 0 Å². The fourth-order valence-corrected chi connectivity index (χ4v) is 6.84. The van der Waals surface area contributed by atoms with Crippen LogP contribution >= 0.6 is 11.3 Å². The van der Waals surface area contributed by atoms with Crippen molar-refractivity contribution in [3.05, 3.63) is 30.4 Å². The largest absolute Gasteiger partial charge is 0.497 e. The highest BCUT2D eigenvalue weighted by atomic mass is 32.1. The van der Waals surface area contributed by atoms with E-state index in [4.69, 9.17) is 14.2 Å². The number of carbonyl (C=O) groups excluding carboxylic acids is 3. The van der Waals surface area contributed by atoms with E-state index in [0.29, 0.717) is 50.0 Å². The molecule has 0 saturated carbocycles. The molecule has 1 aromatic carbocycles. The molecule has 0 unspecified atom stereocenters. The molecule has 35 heavy (non-hydrogen) atoms. The Morgan fingerprint density at radius 2 is 2.09 bits per heavy atom. The number of piperidine rings is 1. The zero-order valence-corrected chi connectivity index (χ0v) is 20.5. The molecule has 4 atom stereocenters. The average Bonchev–Trinajstić information content (AvgIpc) is 3.62. The Morgan fingerprint density at radius 3 is 2.83 bits per heavy atom. The molecular formula is C25H27N3O6S. The molecule has 0 N–H and O–H groups in total. The monoisotopic (exact) mass is 497 g/mol. The molecule has 184 valence electrons. The third kappa shape index (κ3) is 3.45. The minimum Gasteiger partial charge on any atom is -0.497 e. The first-order valence-electron chi connectivity index (χ1n) is 12.0. The third-order valence-electron chi connectivity index (χ3n) is 7.63. The third-order valence-corrected chi connectivity index (χ3v) is 8.69. The van der Waals surface area contributed by atoms with E-state index in [1.165, 1.54) is 11.3 Å². The summed E-state index contributed by atoms with van der Waals surface area (Å²) >= 11 is 1.44. The molecule has 6 rings (SSSR count). The van der Waals surface area contributed by atoms with Crippen molar-refractivity contribution in [2.24, 2.45) is 17.8 Å². The minimum atomic E-state index is -0.805. The second-order valence-electron chi connectivity index (χ2n) is 9.51. The maximum absolute atomic E-state index is 13.7. The van der Waals surface area contributed by atoms with Crippen LogP contribution in [0.1, 0.15) is 19.8 Å². The van der Waals surface area contributed by atoms with Crippen molar-refractivity contribution >= 4 is 44.5 Å². The van der Waals surface area contributed by atoms with Gasteiger partial charge in [0.15, 0.2) is 5.13 Å². The molecule has 2 bridgehead atoms. The van der Waals surface area contributed by atoms with Crippen LogP contribution in [-0.4, -0.2) is 72.7 Å². The lowest BCUT2D eigenvalue weighted by molar-refractivity contribution is -0.152. The molecule has 10 heteroatoms. The van der Waals surface area contributed by atoms with Gasteiger partial charge in [-0.25, -0.2) is 4.98 Å². The highest BCUT2D eigenvalue weighted by Crippen LogP contribution is 2.53. The quantitative estimate of drug-likeness (QED) is 0.462. The van der Waals surface area contributed by atoms with Crippen molar-refractivity contribution in [1.29, 1.82) is 0 Å². The smallest absolute Gasteiger partial charge is 0.309 e. The number of aromatic nitrogens is 1. The maximum atomic E-state index is 13.7. The number of hydrogen-bond acceptors (Lipinski definition) is 8. The fraction of sp³-hybridized carbons (Fsp3) is 0.520. The van der Waals surface area contributed by atoms with Crippen molar-refractivity contribution in [3.8, 4) is 5.75 Å². The summed E-state index contributed by atoms with van der Waals surface area (Å²) < 4.78 is 17.7. The first-order valence-corrected chi connectivity index (χ1v) is 12.8. The van der Waals surface area contributed by atoms with Crippen LogP contribution in [0, 0.1) is 17.8 Å². The predicted molar refractivity (Wildman–Crippen MR) is 128 cm³/mol. The summed E-state index contributed by atoms with van der Waals surface area (Å²) in [6.07, 6.45) is 4.62. The Morgan fingerprint density at radius 1 is 1.29 bits per heavy atom. The zero-order chi connectivity index (χ0) is 24.3. The summed E-state index contributed by atoms with van der Waals surface area (Å²) in [5.41, 5.74) is -0.0366. The van der Waals surface area contributed by atoms with Gasteiger partial charge in [-0.1, -0.05) is 23.5 Å². The van der Waals surface area contributed by atoms with Gasteiger partial charge in [0.05, 0.1) is 54.3 Å². The van der Waals surface area contributed by atoms with Crippen LogP contribution in [0.5, 0.6) is 5.75 Å². The number of ether oxygens (including phenoxy) is 3. The van der Waals surface area contributed by atoms with E-state index < -0.39 is 23.5 Å². The van der Waals surface area contributed by atoms with E-state index in [1.54, 1.807) is 23.8 Å². The molecule has 5 heterocycles. The molecule has 4 aliphatic heterocycles. The van der Waals surface area contributed by atoms with Crippen molar-refractivity contribution in [2.75, 3.05) is 38.3 Å². The van der Waals surface area contributed by atoms with Gasteiger partial charge in [-0.2, -0.15) is 0 Å². The number of rotatable bonds is 5. The Kier molecular flexibility index (Phi) is 5.33. The van der Waals surface area contributed by atoms with Gasteiger partial charge in [0, 0.05) is 19.2 Å². The number of amides is 2. The molecule has 0 aliphatic carbocycles. The van der Waals surface area contributed by atoms with Crippen molar-refractivity contribution in [1.82, 2.24) is 9.88 Å². The molecule has 2 amide bonds. The molecule has 3 fully saturated rings. The van der Waals surface area contributed by atoms with E-state index in [2.05, 4.69) is 4.98 Å². The van der Waals surface area contributed by atoms with E-state index in [0.717, 1.165) is 10.2 Å². The lowest BCUT2D eigenvalue weighted by Gasteiger charge is -2.34. The van der Waals surface area contributed by atoms with E-state index in [1.807, 2.05) is 30.4 Å². The molecule has 1 aromatic heterocycles. The van der Waals surface area contributed by atoms with Crippen LogP contribution in [0.4, 0.5) is 5.13 Å². The first-order chi connectivity index (χ1) is 16.9. The summed E-state index contributed by atoms with van der Waals surface area (Å²) in [7, 11) is 1.61. The van der Waals surface area contributed by atoms with E-state index in [-0.39, 0.29) is 23.7 Å². The van der Waals surface area contributed by atoms with Gasteiger partial charge >= 0.3 is 5.97 Å². The van der Waals surface area contributed by atoms with E-state index in [9.17, 15) is 14.4 Å². The van der Waals surface area contributed by atoms with Gasteiger partial charge in [0.1, 0.15) is 11.4 Å². The fourth-order valence-electron chi connectivity index (χ4n) is 5.89. The standard InChI is InChI=1S/C25H27N3O6S/c1-3-33-23(31)14-7-10-27(11-8-14)21(29)19-17-6-9-25(34-17)13-28(22(30)20(19)25)24-26-16-12-15(32-2)4-5-18(16)35-24/h4-6,9,12,14,17,19-20H,3,7-8,10-11,13H2,1-2H3/t17-,19+,20+,25+/m0/s1. The van der Waals surface area contributed by atoms with Crippen LogP contribution in [-0.2, 0) is 23.9 Å². The number of nitrogens with zero attached hydrogens (tertiary/aromatic N) is 3. The molecule has 2 aromatic rings. The summed E-state index contributed by atoms with van der Waals surface area (Å²) in [5.74, 6) is -0.997. The predicted octanol–water partition coefficient (Wildman–Crippen LogP) is 2.39. The number of esters is 1. The highest BCUT2D eigenvalue weighted by Gasteiger charge is 2.67. The minimum absolute atomic E-state index is 0.0715. The van der Waals surface area contributed by atoms with Gasteiger partial charge in [0.2, 0.25) is 11.8 Å². The lowest BCUT2D eigenvalue weighted by Crippen LogP contribution is -2.49. The van der Waals surface area contributed by atoms with E-state index >= 15 is 0 Å². The summed E-state index contributed by atoms with van der Waals surface area (Å²) in [4.78, 5) is 47.6. The summed E-state index contributed by atoms with van der Waals surface area (Å²) in [5, 5.41) is 0.601. The van der Waals surface area contributed by atoms with Crippen molar-refractivity contribution in [2.45, 2.75) is 31.5 Å². The number of benzene rings is 1. The Labute approximate surface area is 206 Å². The second-order valence-corrected chi connectivity index (χ2v) is 10.5. The van der Waals surface area contributed by atoms with Crippen LogP contribution in [0.15, 0.2) is 30.4 Å². The number of fused-ring (bicyclic) bond motifs is 2. The van der Waals surface area contributed by atoms with Crippen molar-refractivity contribution in [3.63, 3.8) is 0 Å². The molecule has 4 aliphatic rings. The van der Waals surface area contributed by atoms with Crippen LogP contribution < -0.4 is 9.64 Å². The first kappa shape index (κ1) is 22.5. The van der Waals surface area contributed by atoms with Gasteiger partial charge in [-0.15, -0.1) is 0 Å². The molecule has 1 spiro atoms. The Hall–Kier alpha value is -2.98. The van der Waals surface area contributed by atoms with Gasteiger partial charge in [-0.05, 0) is 31.9 Å². The summed E-state index contributed by atoms with van der Waals surface area (Å²) in [6.45, 7) is 3.45. The van der Waals surface area contributed by atoms with Gasteiger partial charge < -0.3 is 19.1 Å².